The number of nitrogens with zero attached hydrogens (tertiary/aromatic N) is 5. The van der Waals surface area contributed by atoms with Crippen molar-refractivity contribution in [2.24, 2.45) is 4.99 Å². The van der Waals surface area contributed by atoms with E-state index in [9.17, 15) is 4.79 Å². The van der Waals surface area contributed by atoms with Gasteiger partial charge in [-0.25, -0.2) is 14.8 Å². The minimum absolute atomic E-state index is 0.216. The van der Waals surface area contributed by atoms with Crippen molar-refractivity contribution in [1.29, 1.82) is 0 Å². The summed E-state index contributed by atoms with van der Waals surface area (Å²) < 4.78 is 15.8. The van der Waals surface area contributed by atoms with Crippen molar-refractivity contribution in [3.63, 3.8) is 0 Å². The summed E-state index contributed by atoms with van der Waals surface area (Å²) in [6.45, 7) is 7.96. The molecule has 0 aliphatic carbocycles. The molecule has 1 aromatic carbocycles. The van der Waals surface area contributed by atoms with Crippen LogP contribution in [0, 0.1) is 13.8 Å². The number of aromatic nitrogens is 2. The van der Waals surface area contributed by atoms with Crippen molar-refractivity contribution in [3.05, 3.63) is 35.7 Å². The Morgan fingerprint density at radius 1 is 1.03 bits per heavy atom. The van der Waals surface area contributed by atoms with Gasteiger partial charge in [0.1, 0.15) is 11.5 Å². The van der Waals surface area contributed by atoms with E-state index in [4.69, 9.17) is 26.4 Å². The molecule has 0 unspecified atom stereocenters. The van der Waals surface area contributed by atoms with E-state index in [1.54, 1.807) is 44.2 Å². The molecule has 0 bridgehead atoms. The van der Waals surface area contributed by atoms with Crippen LogP contribution in [0.1, 0.15) is 18.3 Å². The molecule has 1 saturated heterocycles. The van der Waals surface area contributed by atoms with Crippen molar-refractivity contribution in [1.82, 2.24) is 19.8 Å². The van der Waals surface area contributed by atoms with Gasteiger partial charge in [-0.15, -0.1) is 0 Å². The maximum Gasteiger partial charge on any atom is 0.409 e. The number of carbonyl (C=O) groups is 1. The van der Waals surface area contributed by atoms with E-state index >= 15 is 0 Å². The van der Waals surface area contributed by atoms with Crippen molar-refractivity contribution in [2.75, 3.05) is 57.6 Å². The topological polar surface area (TPSA) is 113 Å². The zero-order valence-electron chi connectivity index (χ0n) is 20.6. The number of anilines is 2. The number of ether oxygens (including phenoxy) is 3. The number of carbonyl (C=O) groups excluding carboxylic acids is 1. The number of nitrogens with one attached hydrogen (secondary N) is 2. The predicted molar refractivity (Wildman–Crippen MR) is 138 cm³/mol. The third kappa shape index (κ3) is 7.15. The highest BCUT2D eigenvalue weighted by molar-refractivity contribution is 7.80. The van der Waals surface area contributed by atoms with Crippen LogP contribution < -0.4 is 20.1 Å². The van der Waals surface area contributed by atoms with Gasteiger partial charge in [0.2, 0.25) is 17.0 Å². The van der Waals surface area contributed by atoms with E-state index in [0.29, 0.717) is 61.9 Å². The minimum atomic E-state index is -0.319. The van der Waals surface area contributed by atoms with Crippen LogP contribution in [0.5, 0.6) is 11.5 Å². The zero-order chi connectivity index (χ0) is 25.4. The quantitative estimate of drug-likeness (QED) is 0.360. The molecule has 2 heterocycles. The lowest BCUT2D eigenvalue weighted by molar-refractivity contribution is 0.0920. The first kappa shape index (κ1) is 25.9. The average molecular weight is 502 g/mol. The molecule has 35 heavy (non-hydrogen) atoms. The number of rotatable bonds is 5. The van der Waals surface area contributed by atoms with E-state index in [1.807, 2.05) is 24.8 Å². The number of benzene rings is 1. The molecule has 3 rings (SSSR count). The number of guanidine groups is 1. The van der Waals surface area contributed by atoms with Crippen LogP contribution in [0.15, 0.2) is 29.3 Å². The van der Waals surface area contributed by atoms with Gasteiger partial charge in [0.25, 0.3) is 0 Å². The zero-order valence-corrected chi connectivity index (χ0v) is 21.4. The SMILES string of the molecule is CCOC(=O)N1CCN(/C(=N\C(=S)Nc2ccc(OC)cc2OC)Nc2nc(C)cc(C)n2)CC1. The second kappa shape index (κ2) is 12.2. The molecule has 0 atom stereocenters. The van der Waals surface area contributed by atoms with Crippen LogP contribution in [0.4, 0.5) is 16.4 Å². The van der Waals surface area contributed by atoms with Crippen LogP contribution in [0.25, 0.3) is 0 Å². The van der Waals surface area contributed by atoms with E-state index < -0.39 is 0 Å². The second-order valence-electron chi connectivity index (χ2n) is 7.70. The first-order chi connectivity index (χ1) is 16.8. The Balaban J connectivity index is 1.82. The first-order valence-corrected chi connectivity index (χ1v) is 11.6. The molecule has 2 N–H and O–H groups in total. The van der Waals surface area contributed by atoms with Crippen molar-refractivity contribution in [3.8, 4) is 11.5 Å². The van der Waals surface area contributed by atoms with Gasteiger partial charge in [-0.05, 0) is 51.2 Å². The lowest BCUT2D eigenvalue weighted by Crippen LogP contribution is -2.52. The molecule has 1 fully saturated rings. The standard InChI is InChI=1S/C23H31N7O4S/c1-6-34-23(31)30-11-9-29(10-12-30)21(27-20-24-15(2)13-16(3)25-20)28-22(35)26-18-8-7-17(32-4)14-19(18)33-5/h7-8,13-14H,6,9-12H2,1-5H3,(H2,24,25,26,27,28,35). The molecule has 2 aromatic rings. The fourth-order valence-electron chi connectivity index (χ4n) is 3.52. The Morgan fingerprint density at radius 3 is 2.29 bits per heavy atom. The monoisotopic (exact) mass is 501 g/mol. The molecule has 1 aliphatic rings. The molecule has 1 amide bonds. The Labute approximate surface area is 210 Å². The summed E-state index contributed by atoms with van der Waals surface area (Å²) in [6.07, 6.45) is -0.319. The average Bonchev–Trinajstić information content (AvgIpc) is 2.83. The predicted octanol–water partition coefficient (Wildman–Crippen LogP) is 3.05. The van der Waals surface area contributed by atoms with Gasteiger partial charge in [0.05, 0.1) is 26.5 Å². The van der Waals surface area contributed by atoms with Crippen LogP contribution >= 0.6 is 12.2 Å². The number of piperazine rings is 1. The summed E-state index contributed by atoms with van der Waals surface area (Å²) in [5, 5.41) is 6.53. The highest BCUT2D eigenvalue weighted by Crippen LogP contribution is 2.29. The third-order valence-corrected chi connectivity index (χ3v) is 5.36. The summed E-state index contributed by atoms with van der Waals surface area (Å²) in [6, 6.07) is 7.25. The van der Waals surface area contributed by atoms with E-state index in [2.05, 4.69) is 25.6 Å². The second-order valence-corrected chi connectivity index (χ2v) is 8.09. The van der Waals surface area contributed by atoms with Crippen LogP contribution in [-0.4, -0.2) is 83.9 Å². The van der Waals surface area contributed by atoms with Crippen molar-refractivity contribution < 1.29 is 19.0 Å². The number of aliphatic imine (C=N–C) groups is 1. The number of methoxy groups -OCH3 is 2. The van der Waals surface area contributed by atoms with Gasteiger partial charge in [0.15, 0.2) is 0 Å². The lowest BCUT2D eigenvalue weighted by Gasteiger charge is -2.35. The summed E-state index contributed by atoms with van der Waals surface area (Å²) in [4.78, 5) is 29.3. The molecular weight excluding hydrogens is 470 g/mol. The molecule has 1 aromatic heterocycles. The van der Waals surface area contributed by atoms with Crippen molar-refractivity contribution >= 4 is 41.0 Å². The highest BCUT2D eigenvalue weighted by Gasteiger charge is 2.25. The normalized spacial score (nSPS) is 13.8. The molecule has 0 saturated carbocycles. The van der Waals surface area contributed by atoms with E-state index in [0.717, 1.165) is 11.4 Å². The van der Waals surface area contributed by atoms with Crippen molar-refractivity contribution in [2.45, 2.75) is 20.8 Å². The van der Waals surface area contributed by atoms with Gasteiger partial charge < -0.3 is 29.3 Å². The van der Waals surface area contributed by atoms with Gasteiger partial charge in [-0.3, -0.25) is 5.32 Å². The number of aryl methyl sites for hydroxylation is 2. The summed E-state index contributed by atoms with van der Waals surface area (Å²) >= 11 is 5.54. The van der Waals surface area contributed by atoms with E-state index in [1.165, 1.54) is 0 Å². The molecular formula is C23H31N7O4S. The molecule has 0 spiro atoms. The van der Waals surface area contributed by atoms with Gasteiger partial charge in [0, 0.05) is 43.6 Å². The summed E-state index contributed by atoms with van der Waals surface area (Å²) in [5.41, 5.74) is 2.31. The number of amides is 1. The molecule has 11 nitrogen and oxygen atoms in total. The Kier molecular flexibility index (Phi) is 9.01. The molecule has 0 radical (unpaired) electrons. The molecule has 188 valence electrons. The van der Waals surface area contributed by atoms with E-state index in [-0.39, 0.29) is 11.2 Å². The lowest BCUT2D eigenvalue weighted by atomic mass is 10.2. The molecule has 12 heteroatoms. The Bertz CT molecular complexity index is 1070. The maximum absolute atomic E-state index is 12.1. The van der Waals surface area contributed by atoms with Crippen LogP contribution in [0.2, 0.25) is 0 Å². The fraction of sp³-hybridized carbons (Fsp3) is 0.435. The number of thiocarbonyl (C=S) groups is 1. The third-order valence-electron chi connectivity index (χ3n) is 5.17. The van der Waals surface area contributed by atoms with Gasteiger partial charge in [-0.2, -0.15) is 4.99 Å². The Morgan fingerprint density at radius 2 is 1.69 bits per heavy atom. The minimum Gasteiger partial charge on any atom is -0.497 e. The van der Waals surface area contributed by atoms with Crippen LogP contribution in [-0.2, 0) is 4.74 Å². The largest absolute Gasteiger partial charge is 0.497 e. The fourth-order valence-corrected chi connectivity index (χ4v) is 3.71. The summed E-state index contributed by atoms with van der Waals surface area (Å²) in [5.74, 6) is 2.12. The first-order valence-electron chi connectivity index (χ1n) is 11.2. The number of hydrogen-bond donors (Lipinski definition) is 2. The number of hydrogen-bond acceptors (Lipinski definition) is 7. The highest BCUT2D eigenvalue weighted by atomic mass is 32.1. The summed E-state index contributed by atoms with van der Waals surface area (Å²) in [7, 11) is 3.16. The van der Waals surface area contributed by atoms with Crippen LogP contribution in [0.3, 0.4) is 0 Å². The smallest absolute Gasteiger partial charge is 0.409 e. The Hall–Kier alpha value is -3.67. The maximum atomic E-state index is 12.1. The van der Waals surface area contributed by atoms with Gasteiger partial charge in [-0.1, -0.05) is 0 Å². The van der Waals surface area contributed by atoms with Gasteiger partial charge >= 0.3 is 6.09 Å². The molecule has 1 aliphatic heterocycles.